The van der Waals surface area contributed by atoms with Gasteiger partial charge in [0.05, 0.1) is 13.2 Å². The summed E-state index contributed by atoms with van der Waals surface area (Å²) in [6.07, 6.45) is -14.6. The topological polar surface area (TPSA) is 209 Å². The molecule has 0 aromatic rings. The van der Waals surface area contributed by atoms with Gasteiger partial charge in [-0.1, -0.05) is 13.3 Å². The van der Waals surface area contributed by atoms with Crippen molar-refractivity contribution in [2.45, 2.75) is 74.9 Å². The van der Waals surface area contributed by atoms with Crippen molar-refractivity contribution in [2.24, 2.45) is 0 Å². The van der Waals surface area contributed by atoms with Gasteiger partial charge < -0.3 is 55.6 Å². The maximum Gasteiger partial charge on any atom is 0.251 e. The highest BCUT2D eigenvalue weighted by molar-refractivity contribution is 5.81. The minimum absolute atomic E-state index is 0.250. The molecule has 166 valence electrons. The average molecular weight is 413 g/mol. The van der Waals surface area contributed by atoms with Crippen LogP contribution in [0.15, 0.2) is 0 Å². The molecule has 0 bridgehead atoms. The van der Waals surface area contributed by atoms with Gasteiger partial charge in [-0.3, -0.25) is 4.79 Å². The average Bonchev–Trinajstić information content (AvgIpc) is 2.70. The minimum Gasteiger partial charge on any atom is -0.394 e. The molecule has 1 aliphatic rings. The summed E-state index contributed by atoms with van der Waals surface area (Å²) >= 11 is 0. The van der Waals surface area contributed by atoms with Crippen molar-refractivity contribution in [1.82, 2.24) is 5.32 Å². The molecule has 1 heterocycles. The monoisotopic (exact) mass is 413 g/mol. The number of hydrogen-bond donors (Lipinski definition) is 9. The first-order valence-electron chi connectivity index (χ1n) is 9.08. The van der Waals surface area contributed by atoms with Gasteiger partial charge >= 0.3 is 0 Å². The minimum atomic E-state index is -2.03. The summed E-state index contributed by atoms with van der Waals surface area (Å²) in [7, 11) is 0. The van der Waals surface area contributed by atoms with E-state index in [0.717, 1.165) is 6.42 Å². The number of ether oxygens (including phenoxy) is 2. The van der Waals surface area contributed by atoms with Gasteiger partial charge in [0.1, 0.15) is 42.7 Å². The zero-order valence-corrected chi connectivity index (χ0v) is 15.5. The van der Waals surface area contributed by atoms with Crippen molar-refractivity contribution in [3.8, 4) is 0 Å². The Kier molecular flexibility index (Phi) is 10.7. The van der Waals surface area contributed by atoms with Gasteiger partial charge in [-0.05, 0) is 6.42 Å². The molecule has 5 unspecified atom stereocenters. The molecule has 9 N–H and O–H groups in total. The van der Waals surface area contributed by atoms with Crippen LogP contribution in [0.25, 0.3) is 0 Å². The fraction of sp³-hybridized carbons (Fsp3) is 0.938. The molecule has 1 saturated heterocycles. The Morgan fingerprint density at radius 3 is 2.29 bits per heavy atom. The molecule has 9 atom stereocenters. The number of nitrogens with one attached hydrogen (secondary N) is 1. The third kappa shape index (κ3) is 6.29. The molecule has 0 aliphatic carbocycles. The summed E-state index contributed by atoms with van der Waals surface area (Å²) in [5.41, 5.74) is 0. The highest BCUT2D eigenvalue weighted by atomic mass is 16.7. The van der Waals surface area contributed by atoms with Crippen LogP contribution in [0.5, 0.6) is 0 Å². The molecule has 12 nitrogen and oxygen atoms in total. The molecule has 0 aromatic carbocycles. The number of rotatable bonds is 11. The Labute approximate surface area is 161 Å². The predicted octanol–water partition coefficient (Wildman–Crippen LogP) is -4.84. The number of hydrogen-bond acceptors (Lipinski definition) is 11. The molecule has 1 fully saturated rings. The summed E-state index contributed by atoms with van der Waals surface area (Å²) in [5, 5.41) is 80.5. The Morgan fingerprint density at radius 2 is 1.75 bits per heavy atom. The molecule has 0 spiro atoms. The van der Waals surface area contributed by atoms with Crippen LogP contribution in [0.4, 0.5) is 0 Å². The second-order valence-electron chi connectivity index (χ2n) is 6.63. The number of aliphatic hydroxyl groups is 8. The molecule has 1 rings (SSSR count). The van der Waals surface area contributed by atoms with Gasteiger partial charge in [0.25, 0.3) is 5.91 Å². The lowest BCUT2D eigenvalue weighted by Crippen LogP contribution is -2.62. The fourth-order valence-electron chi connectivity index (χ4n) is 2.67. The second-order valence-corrected chi connectivity index (χ2v) is 6.63. The first-order valence-corrected chi connectivity index (χ1v) is 9.08. The Balaban J connectivity index is 2.88. The molecule has 0 radical (unpaired) electrons. The molecule has 0 aromatic heterocycles. The van der Waals surface area contributed by atoms with E-state index in [1.807, 2.05) is 6.92 Å². The van der Waals surface area contributed by atoms with Crippen LogP contribution in [-0.2, 0) is 14.3 Å². The normalized spacial score (nSPS) is 32.4. The lowest BCUT2D eigenvalue weighted by atomic mass is 9.98. The molecule has 0 saturated carbocycles. The van der Waals surface area contributed by atoms with Crippen molar-refractivity contribution in [2.75, 3.05) is 19.8 Å². The maximum atomic E-state index is 11.9. The van der Waals surface area contributed by atoms with E-state index in [1.165, 1.54) is 0 Å². The van der Waals surface area contributed by atoms with E-state index in [4.69, 9.17) is 9.47 Å². The predicted molar refractivity (Wildman–Crippen MR) is 91.7 cm³/mol. The quantitative estimate of drug-likeness (QED) is 0.147. The van der Waals surface area contributed by atoms with Crippen molar-refractivity contribution in [3.63, 3.8) is 0 Å². The third-order valence-electron chi connectivity index (χ3n) is 4.46. The smallest absolute Gasteiger partial charge is 0.251 e. The van der Waals surface area contributed by atoms with E-state index in [9.17, 15) is 45.6 Å². The number of aliphatic hydroxyl groups excluding tert-OH is 8. The zero-order chi connectivity index (χ0) is 21.4. The van der Waals surface area contributed by atoms with Crippen LogP contribution in [0.1, 0.15) is 19.8 Å². The number of unbranched alkanes of at least 4 members (excludes halogenated alkanes) is 1. The molecule has 1 amide bonds. The summed E-state index contributed by atoms with van der Waals surface area (Å²) in [4.78, 5) is 11.9. The van der Waals surface area contributed by atoms with Crippen molar-refractivity contribution < 1.29 is 55.1 Å². The lowest BCUT2D eigenvalue weighted by molar-refractivity contribution is -0.326. The molecule has 28 heavy (non-hydrogen) atoms. The standard InChI is InChI=1S/C16H31NO11/c1-2-3-4-17-15(26)12(24)11(23)14(7(20)5-18)28-16-13(25)10(22)9(21)8(6-19)27-16/h7-14,16,18-25H,2-6H2,1H3,(H,17,26)/t7-,8?,9?,10?,11-,12-,13?,14-,16?/m1/s1. The molecular weight excluding hydrogens is 382 g/mol. The van der Waals surface area contributed by atoms with Crippen LogP contribution in [0, 0.1) is 0 Å². The van der Waals surface area contributed by atoms with E-state index < -0.39 is 74.2 Å². The highest BCUT2D eigenvalue weighted by Crippen LogP contribution is 2.25. The van der Waals surface area contributed by atoms with Gasteiger partial charge in [-0.25, -0.2) is 0 Å². The number of carbonyl (C=O) groups excluding carboxylic acids is 1. The van der Waals surface area contributed by atoms with Crippen molar-refractivity contribution in [3.05, 3.63) is 0 Å². The maximum absolute atomic E-state index is 11.9. The SMILES string of the molecule is CCCCNC(=O)[C@H](O)[C@@H](O)[C@H](OC1OC(CO)C(O)C(O)C1O)[C@H](O)CO. The first kappa shape index (κ1) is 25.1. The Hall–Kier alpha value is -0.930. The van der Waals surface area contributed by atoms with Crippen LogP contribution in [-0.4, -0.2) is 122 Å². The van der Waals surface area contributed by atoms with E-state index in [1.54, 1.807) is 0 Å². The van der Waals surface area contributed by atoms with Crippen LogP contribution < -0.4 is 5.32 Å². The van der Waals surface area contributed by atoms with Gasteiger partial charge in [0, 0.05) is 6.54 Å². The van der Waals surface area contributed by atoms with Gasteiger partial charge in [-0.15, -0.1) is 0 Å². The summed E-state index contributed by atoms with van der Waals surface area (Å²) in [6, 6.07) is 0. The number of amides is 1. The van der Waals surface area contributed by atoms with Gasteiger partial charge in [0.2, 0.25) is 0 Å². The van der Waals surface area contributed by atoms with Crippen LogP contribution >= 0.6 is 0 Å². The first-order chi connectivity index (χ1) is 13.2. The summed E-state index contributed by atoms with van der Waals surface area (Å²) < 4.78 is 10.3. The summed E-state index contributed by atoms with van der Waals surface area (Å²) in [5.74, 6) is -0.937. The Morgan fingerprint density at radius 1 is 1.11 bits per heavy atom. The van der Waals surface area contributed by atoms with Crippen LogP contribution in [0.2, 0.25) is 0 Å². The van der Waals surface area contributed by atoms with Gasteiger partial charge in [-0.2, -0.15) is 0 Å². The fourth-order valence-corrected chi connectivity index (χ4v) is 2.67. The van der Waals surface area contributed by atoms with Crippen molar-refractivity contribution in [1.29, 1.82) is 0 Å². The van der Waals surface area contributed by atoms with E-state index in [2.05, 4.69) is 5.32 Å². The summed E-state index contributed by atoms with van der Waals surface area (Å²) in [6.45, 7) is 0.478. The number of carbonyl (C=O) groups is 1. The molecule has 12 heteroatoms. The molecular formula is C16H31NO11. The zero-order valence-electron chi connectivity index (χ0n) is 15.5. The van der Waals surface area contributed by atoms with Crippen molar-refractivity contribution >= 4 is 5.91 Å². The lowest BCUT2D eigenvalue weighted by Gasteiger charge is -2.42. The molecule has 1 aliphatic heterocycles. The van der Waals surface area contributed by atoms with Gasteiger partial charge in [0.15, 0.2) is 12.4 Å². The third-order valence-corrected chi connectivity index (χ3v) is 4.46. The highest BCUT2D eigenvalue weighted by Gasteiger charge is 2.47. The van der Waals surface area contributed by atoms with E-state index in [-0.39, 0.29) is 6.54 Å². The Bertz CT molecular complexity index is 466. The van der Waals surface area contributed by atoms with Crippen LogP contribution in [0.3, 0.4) is 0 Å². The van der Waals surface area contributed by atoms with E-state index >= 15 is 0 Å². The largest absolute Gasteiger partial charge is 0.394 e. The van der Waals surface area contributed by atoms with E-state index in [0.29, 0.717) is 6.42 Å². The second kappa shape index (κ2) is 11.9.